The summed E-state index contributed by atoms with van der Waals surface area (Å²) in [6.45, 7) is 2.03. The zero-order chi connectivity index (χ0) is 13.8. The van der Waals surface area contributed by atoms with Crippen molar-refractivity contribution in [2.75, 3.05) is 19.8 Å². The normalized spacial score (nSPS) is 11.6. The number of carbonyl (C=O) groups excluding carboxylic acids is 1. The zero-order valence-electron chi connectivity index (χ0n) is 10.7. The number of aromatic nitrogens is 1. The van der Waals surface area contributed by atoms with Crippen molar-refractivity contribution < 1.29 is 13.2 Å². The molecule has 0 aromatic carbocycles. The van der Waals surface area contributed by atoms with E-state index >= 15 is 0 Å². The van der Waals surface area contributed by atoms with Crippen molar-refractivity contribution in [1.29, 1.82) is 0 Å². The number of hydrogen-bond acceptors (Lipinski definition) is 4. The number of sulfonamides is 1. The van der Waals surface area contributed by atoms with E-state index in [1.54, 1.807) is 6.20 Å². The molecule has 6 nitrogen and oxygen atoms in total. The first kappa shape index (κ1) is 14.6. The number of rotatable bonds is 5. The summed E-state index contributed by atoms with van der Waals surface area (Å²) in [4.78, 5) is 15.6. The first-order chi connectivity index (χ1) is 8.29. The molecule has 0 saturated carbocycles. The van der Waals surface area contributed by atoms with Crippen molar-refractivity contribution in [3.05, 3.63) is 29.6 Å². The molecular weight excluding hydrogens is 254 g/mol. The minimum Gasteiger partial charge on any atom is -0.351 e. The van der Waals surface area contributed by atoms with Crippen molar-refractivity contribution in [2.24, 2.45) is 0 Å². The van der Waals surface area contributed by atoms with Gasteiger partial charge in [-0.3, -0.25) is 9.78 Å². The summed E-state index contributed by atoms with van der Waals surface area (Å²) in [5.74, 6) is -0.344. The fraction of sp³-hybridized carbons (Fsp3) is 0.455. The summed E-state index contributed by atoms with van der Waals surface area (Å²) >= 11 is 0. The second-order valence-corrected chi connectivity index (χ2v) is 6.19. The van der Waals surface area contributed by atoms with Crippen LogP contribution in [0.3, 0.4) is 0 Å². The number of amides is 1. The van der Waals surface area contributed by atoms with Gasteiger partial charge in [0.05, 0.1) is 12.8 Å². The summed E-state index contributed by atoms with van der Waals surface area (Å²) in [6, 6.07) is 3.72. The highest BCUT2D eigenvalue weighted by Gasteiger charge is 2.14. The molecule has 100 valence electrons. The van der Waals surface area contributed by atoms with E-state index in [1.165, 1.54) is 7.05 Å². The Balaban J connectivity index is 2.45. The monoisotopic (exact) mass is 271 g/mol. The quantitative estimate of drug-likeness (QED) is 0.811. The molecule has 0 saturated heterocycles. The first-order valence-corrected chi connectivity index (χ1v) is 7.23. The molecule has 1 heterocycles. The highest BCUT2D eigenvalue weighted by atomic mass is 32.2. The van der Waals surface area contributed by atoms with Crippen molar-refractivity contribution in [1.82, 2.24) is 14.6 Å². The molecular formula is C11H17N3O3S. The van der Waals surface area contributed by atoms with E-state index in [2.05, 4.69) is 10.3 Å². The van der Waals surface area contributed by atoms with E-state index in [0.717, 1.165) is 21.8 Å². The van der Waals surface area contributed by atoms with Gasteiger partial charge in [-0.2, -0.15) is 4.31 Å². The van der Waals surface area contributed by atoms with Crippen molar-refractivity contribution >= 4 is 15.9 Å². The lowest BCUT2D eigenvalue weighted by molar-refractivity contribution is -0.121. The SMILES string of the molecule is Cc1ccc(CNC(=O)CN(C)S(C)(=O)=O)cn1. The van der Waals surface area contributed by atoms with E-state index < -0.39 is 10.0 Å². The summed E-state index contributed by atoms with van der Waals surface area (Å²) in [5.41, 5.74) is 1.78. The van der Waals surface area contributed by atoms with E-state index in [0.29, 0.717) is 6.54 Å². The molecule has 0 fully saturated rings. The van der Waals surface area contributed by atoms with E-state index in [-0.39, 0.29) is 12.5 Å². The Hall–Kier alpha value is -1.47. The molecule has 0 atom stereocenters. The van der Waals surface area contributed by atoms with Crippen LogP contribution in [0.2, 0.25) is 0 Å². The fourth-order valence-corrected chi connectivity index (χ4v) is 1.53. The van der Waals surface area contributed by atoms with Crippen molar-refractivity contribution in [2.45, 2.75) is 13.5 Å². The van der Waals surface area contributed by atoms with Gasteiger partial charge in [-0.15, -0.1) is 0 Å². The topological polar surface area (TPSA) is 79.4 Å². The van der Waals surface area contributed by atoms with Crippen LogP contribution in [-0.4, -0.2) is 43.5 Å². The number of carbonyl (C=O) groups is 1. The number of hydrogen-bond donors (Lipinski definition) is 1. The van der Waals surface area contributed by atoms with Gasteiger partial charge in [0.25, 0.3) is 0 Å². The molecule has 1 aromatic rings. The highest BCUT2D eigenvalue weighted by Crippen LogP contribution is 1.99. The average molecular weight is 271 g/mol. The summed E-state index contributed by atoms with van der Waals surface area (Å²) in [7, 11) is -1.96. The molecule has 0 radical (unpaired) electrons. The number of likely N-dealkylation sites (N-methyl/N-ethyl adjacent to an activating group) is 1. The van der Waals surface area contributed by atoms with Gasteiger partial charge in [0.1, 0.15) is 0 Å². The zero-order valence-corrected chi connectivity index (χ0v) is 11.5. The van der Waals surface area contributed by atoms with Crippen LogP contribution in [0.5, 0.6) is 0 Å². The lowest BCUT2D eigenvalue weighted by Crippen LogP contribution is -2.37. The third kappa shape index (κ3) is 4.80. The van der Waals surface area contributed by atoms with Crippen LogP contribution in [0.15, 0.2) is 18.3 Å². The van der Waals surface area contributed by atoms with Gasteiger partial charge in [-0.1, -0.05) is 6.07 Å². The predicted molar refractivity (Wildman–Crippen MR) is 68.3 cm³/mol. The second kappa shape index (κ2) is 5.92. The third-order valence-corrected chi connectivity index (χ3v) is 3.66. The number of nitrogens with one attached hydrogen (secondary N) is 1. The maximum atomic E-state index is 11.5. The van der Waals surface area contributed by atoms with Gasteiger partial charge < -0.3 is 5.32 Å². The minimum atomic E-state index is -3.33. The first-order valence-electron chi connectivity index (χ1n) is 5.38. The summed E-state index contributed by atoms with van der Waals surface area (Å²) in [6.07, 6.45) is 2.74. The molecule has 1 rings (SSSR count). The van der Waals surface area contributed by atoms with E-state index in [1.807, 2.05) is 19.1 Å². The molecule has 0 aliphatic heterocycles. The lowest BCUT2D eigenvalue weighted by atomic mass is 10.2. The van der Waals surface area contributed by atoms with Crippen LogP contribution < -0.4 is 5.32 Å². The third-order valence-electron chi connectivity index (χ3n) is 2.39. The van der Waals surface area contributed by atoms with Crippen LogP contribution in [-0.2, 0) is 21.4 Å². The van der Waals surface area contributed by atoms with Gasteiger partial charge >= 0.3 is 0 Å². The standard InChI is InChI=1S/C11H17N3O3S/c1-9-4-5-10(6-12-9)7-13-11(15)8-14(2)18(3,16)17/h4-6H,7-8H2,1-3H3,(H,13,15). The molecule has 1 amide bonds. The van der Waals surface area contributed by atoms with Gasteiger partial charge in [-0.25, -0.2) is 8.42 Å². The molecule has 1 N–H and O–H groups in total. The Morgan fingerprint density at radius 2 is 2.11 bits per heavy atom. The van der Waals surface area contributed by atoms with E-state index in [4.69, 9.17) is 0 Å². The summed E-state index contributed by atoms with van der Waals surface area (Å²) in [5, 5.41) is 2.64. The minimum absolute atomic E-state index is 0.182. The van der Waals surface area contributed by atoms with Gasteiger partial charge in [0.15, 0.2) is 0 Å². The Kier molecular flexibility index (Phi) is 4.80. The molecule has 0 bridgehead atoms. The Labute approximate surface area is 107 Å². The molecule has 7 heteroatoms. The van der Waals surface area contributed by atoms with Crippen LogP contribution in [0, 0.1) is 6.92 Å². The van der Waals surface area contributed by atoms with Crippen LogP contribution >= 0.6 is 0 Å². The van der Waals surface area contributed by atoms with Gasteiger partial charge in [0.2, 0.25) is 15.9 Å². The largest absolute Gasteiger partial charge is 0.351 e. The van der Waals surface area contributed by atoms with Crippen LogP contribution in [0.25, 0.3) is 0 Å². The smallest absolute Gasteiger partial charge is 0.235 e. The second-order valence-electron chi connectivity index (χ2n) is 4.10. The number of nitrogens with zero attached hydrogens (tertiary/aromatic N) is 2. The molecule has 0 spiro atoms. The maximum Gasteiger partial charge on any atom is 0.235 e. The van der Waals surface area contributed by atoms with Crippen LogP contribution in [0.1, 0.15) is 11.3 Å². The molecule has 18 heavy (non-hydrogen) atoms. The average Bonchev–Trinajstić information content (AvgIpc) is 2.27. The molecule has 1 aromatic heterocycles. The number of aryl methyl sites for hydroxylation is 1. The number of pyridine rings is 1. The maximum absolute atomic E-state index is 11.5. The lowest BCUT2D eigenvalue weighted by Gasteiger charge is -2.13. The molecule has 0 aliphatic carbocycles. The highest BCUT2D eigenvalue weighted by molar-refractivity contribution is 7.88. The van der Waals surface area contributed by atoms with Gasteiger partial charge in [0, 0.05) is 25.5 Å². The van der Waals surface area contributed by atoms with Gasteiger partial charge in [-0.05, 0) is 18.6 Å². The Morgan fingerprint density at radius 3 is 2.61 bits per heavy atom. The Bertz CT molecular complexity index is 511. The molecule has 0 unspecified atom stereocenters. The molecule has 0 aliphatic rings. The Morgan fingerprint density at radius 1 is 1.44 bits per heavy atom. The van der Waals surface area contributed by atoms with Crippen molar-refractivity contribution in [3.8, 4) is 0 Å². The van der Waals surface area contributed by atoms with Crippen LogP contribution in [0.4, 0.5) is 0 Å². The van der Waals surface area contributed by atoms with E-state index in [9.17, 15) is 13.2 Å². The predicted octanol–water partition coefficient (Wildman–Crippen LogP) is -0.102. The summed E-state index contributed by atoms with van der Waals surface area (Å²) < 4.78 is 23.2. The fourth-order valence-electron chi connectivity index (χ4n) is 1.18. The van der Waals surface area contributed by atoms with Crippen molar-refractivity contribution in [3.63, 3.8) is 0 Å².